The molecule has 0 atom stereocenters. The minimum Gasteiger partial charge on any atom is -0.455 e. The highest BCUT2D eigenvalue weighted by Gasteiger charge is 2.25. The number of hydrogen-bond acceptors (Lipinski definition) is 7. The summed E-state index contributed by atoms with van der Waals surface area (Å²) in [6.07, 6.45) is -0.886. The standard InChI is InChI=1S/C24H19NO6S/c1-2-30-24(29)25-20(26)12-31-21(27)13-32-19-11-10-15-14-6-3-4-7-16(14)23(28)18-9-5-8-17(19)22(15)18/h3-11H,2,12-13H2,1H3,(H,25,26,29). The zero-order valence-corrected chi connectivity index (χ0v) is 18.0. The number of alkyl carbamates (subject to hydrolysis) is 1. The number of esters is 1. The molecule has 4 rings (SSSR count). The van der Waals surface area contributed by atoms with Crippen LogP contribution in [0.4, 0.5) is 4.79 Å². The predicted molar refractivity (Wildman–Crippen MR) is 120 cm³/mol. The van der Waals surface area contributed by atoms with Crippen molar-refractivity contribution in [2.75, 3.05) is 19.0 Å². The van der Waals surface area contributed by atoms with Crippen molar-refractivity contribution in [1.82, 2.24) is 5.32 Å². The Morgan fingerprint density at radius 3 is 2.41 bits per heavy atom. The second-order valence-electron chi connectivity index (χ2n) is 6.93. The number of benzene rings is 3. The number of imide groups is 1. The van der Waals surface area contributed by atoms with Crippen molar-refractivity contribution in [3.8, 4) is 11.1 Å². The van der Waals surface area contributed by atoms with Crippen LogP contribution in [0.1, 0.15) is 22.8 Å². The maximum atomic E-state index is 13.0. The number of fused-ring (bicyclic) bond motifs is 2. The van der Waals surface area contributed by atoms with E-state index in [-0.39, 0.29) is 18.1 Å². The first-order chi connectivity index (χ1) is 15.5. The Morgan fingerprint density at radius 2 is 1.62 bits per heavy atom. The number of carbonyl (C=O) groups is 4. The number of rotatable bonds is 6. The lowest BCUT2D eigenvalue weighted by Gasteiger charge is -2.21. The van der Waals surface area contributed by atoms with Crippen LogP contribution in [0.3, 0.4) is 0 Å². The van der Waals surface area contributed by atoms with Gasteiger partial charge in [-0.3, -0.25) is 19.7 Å². The monoisotopic (exact) mass is 449 g/mol. The maximum Gasteiger partial charge on any atom is 0.413 e. The molecule has 8 heteroatoms. The Bertz CT molecular complexity index is 1250. The second-order valence-corrected chi connectivity index (χ2v) is 7.95. The third-order valence-corrected chi connectivity index (χ3v) is 5.98. The SMILES string of the molecule is CCOC(=O)NC(=O)COC(=O)CSc1ccc2c3c(cccc13)C(=O)c1ccccc1-2. The minimum atomic E-state index is -0.886. The van der Waals surface area contributed by atoms with Gasteiger partial charge in [0.15, 0.2) is 12.4 Å². The Hall–Kier alpha value is -3.65. The van der Waals surface area contributed by atoms with Crippen LogP contribution in [0, 0.1) is 0 Å². The molecule has 162 valence electrons. The molecule has 1 N–H and O–H groups in total. The van der Waals surface area contributed by atoms with Crippen LogP contribution in [0.25, 0.3) is 21.9 Å². The highest BCUT2D eigenvalue weighted by molar-refractivity contribution is 8.00. The molecule has 1 aliphatic carbocycles. The Morgan fingerprint density at radius 1 is 0.875 bits per heavy atom. The summed E-state index contributed by atoms with van der Waals surface area (Å²) < 4.78 is 9.52. The van der Waals surface area contributed by atoms with Crippen LogP contribution in [0.5, 0.6) is 0 Å². The summed E-state index contributed by atoms with van der Waals surface area (Å²) in [5, 5.41) is 3.70. The first kappa shape index (κ1) is 21.6. The molecule has 0 radical (unpaired) electrons. The van der Waals surface area contributed by atoms with Crippen molar-refractivity contribution in [3.05, 3.63) is 65.7 Å². The molecule has 2 amide bonds. The van der Waals surface area contributed by atoms with Gasteiger partial charge in [-0.1, -0.05) is 48.5 Å². The summed E-state index contributed by atoms with van der Waals surface area (Å²) in [6.45, 7) is 1.16. The highest BCUT2D eigenvalue weighted by Crippen LogP contribution is 2.42. The van der Waals surface area contributed by atoms with Gasteiger partial charge in [-0.2, -0.15) is 0 Å². The van der Waals surface area contributed by atoms with Gasteiger partial charge in [-0.25, -0.2) is 4.79 Å². The smallest absolute Gasteiger partial charge is 0.413 e. The third kappa shape index (κ3) is 4.22. The number of nitrogens with one attached hydrogen (secondary N) is 1. The molecule has 3 aromatic rings. The van der Waals surface area contributed by atoms with Crippen molar-refractivity contribution in [1.29, 1.82) is 0 Å². The van der Waals surface area contributed by atoms with Crippen LogP contribution in [-0.4, -0.2) is 42.7 Å². The quantitative estimate of drug-likeness (QED) is 0.351. The van der Waals surface area contributed by atoms with Crippen molar-refractivity contribution < 1.29 is 28.7 Å². The molecule has 3 aromatic carbocycles. The number of thioether (sulfide) groups is 1. The summed E-state index contributed by atoms with van der Waals surface area (Å²) in [5.74, 6) is -1.42. The van der Waals surface area contributed by atoms with Crippen LogP contribution in [0.15, 0.2) is 59.5 Å². The molecule has 0 bridgehead atoms. The van der Waals surface area contributed by atoms with Gasteiger partial charge < -0.3 is 9.47 Å². The fourth-order valence-electron chi connectivity index (χ4n) is 3.62. The van der Waals surface area contributed by atoms with E-state index in [2.05, 4.69) is 4.74 Å². The van der Waals surface area contributed by atoms with Crippen molar-refractivity contribution in [2.24, 2.45) is 0 Å². The molecule has 0 fully saturated rings. The fourth-order valence-corrected chi connectivity index (χ4v) is 4.47. The van der Waals surface area contributed by atoms with E-state index in [0.717, 1.165) is 26.8 Å². The van der Waals surface area contributed by atoms with E-state index in [9.17, 15) is 19.2 Å². The Kier molecular flexibility index (Phi) is 6.23. The molecule has 0 unspecified atom stereocenters. The van der Waals surface area contributed by atoms with E-state index >= 15 is 0 Å². The van der Waals surface area contributed by atoms with E-state index in [1.54, 1.807) is 6.92 Å². The molecular weight excluding hydrogens is 430 g/mol. The summed E-state index contributed by atoms with van der Waals surface area (Å²) >= 11 is 1.26. The third-order valence-electron chi connectivity index (χ3n) is 4.93. The van der Waals surface area contributed by atoms with Gasteiger partial charge in [0, 0.05) is 21.4 Å². The van der Waals surface area contributed by atoms with E-state index in [1.165, 1.54) is 11.8 Å². The molecule has 0 saturated carbocycles. The van der Waals surface area contributed by atoms with Gasteiger partial charge in [0.1, 0.15) is 0 Å². The number of carbonyl (C=O) groups excluding carboxylic acids is 4. The van der Waals surface area contributed by atoms with Gasteiger partial charge in [0.2, 0.25) is 0 Å². The second kappa shape index (κ2) is 9.23. The van der Waals surface area contributed by atoms with Crippen LogP contribution >= 0.6 is 11.8 Å². The average Bonchev–Trinajstić information content (AvgIpc) is 2.80. The van der Waals surface area contributed by atoms with E-state index in [1.807, 2.05) is 59.9 Å². The Labute approximate surface area is 188 Å². The number of ether oxygens (including phenoxy) is 2. The lowest BCUT2D eigenvalue weighted by molar-refractivity contribution is -0.145. The van der Waals surface area contributed by atoms with Gasteiger partial charge in [0.05, 0.1) is 12.4 Å². The van der Waals surface area contributed by atoms with Crippen molar-refractivity contribution in [2.45, 2.75) is 11.8 Å². The van der Waals surface area contributed by atoms with Crippen molar-refractivity contribution >= 4 is 46.3 Å². The van der Waals surface area contributed by atoms with E-state index < -0.39 is 24.6 Å². The highest BCUT2D eigenvalue weighted by atomic mass is 32.2. The number of hydrogen-bond donors (Lipinski definition) is 1. The lowest BCUT2D eigenvalue weighted by atomic mass is 9.83. The molecular formula is C24H19NO6S. The number of amides is 2. The molecule has 7 nitrogen and oxygen atoms in total. The van der Waals surface area contributed by atoms with Gasteiger partial charge in [0.25, 0.3) is 5.91 Å². The van der Waals surface area contributed by atoms with Gasteiger partial charge in [-0.15, -0.1) is 11.8 Å². The molecule has 0 saturated heterocycles. The molecule has 0 spiro atoms. The predicted octanol–water partition coefficient (Wildman–Crippen LogP) is 3.96. The summed E-state index contributed by atoms with van der Waals surface area (Å²) in [5.41, 5.74) is 3.19. The van der Waals surface area contributed by atoms with Crippen LogP contribution in [-0.2, 0) is 19.1 Å². The largest absolute Gasteiger partial charge is 0.455 e. The van der Waals surface area contributed by atoms with Crippen molar-refractivity contribution in [3.63, 3.8) is 0 Å². The van der Waals surface area contributed by atoms with Gasteiger partial charge >= 0.3 is 12.1 Å². The summed E-state index contributed by atoms with van der Waals surface area (Å²) in [7, 11) is 0. The topological polar surface area (TPSA) is 98.8 Å². The summed E-state index contributed by atoms with van der Waals surface area (Å²) in [4.78, 5) is 48.7. The normalized spacial score (nSPS) is 11.6. The van der Waals surface area contributed by atoms with Crippen LogP contribution < -0.4 is 5.32 Å². The van der Waals surface area contributed by atoms with Gasteiger partial charge in [-0.05, 0) is 29.5 Å². The molecule has 1 aliphatic rings. The molecule has 0 aliphatic heterocycles. The number of ketones is 1. The van der Waals surface area contributed by atoms with Crippen LogP contribution in [0.2, 0.25) is 0 Å². The fraction of sp³-hybridized carbons (Fsp3) is 0.167. The molecule has 0 aromatic heterocycles. The summed E-state index contributed by atoms with van der Waals surface area (Å²) in [6, 6.07) is 17.0. The maximum absolute atomic E-state index is 13.0. The average molecular weight is 449 g/mol. The molecule has 32 heavy (non-hydrogen) atoms. The first-order valence-corrected chi connectivity index (χ1v) is 10.9. The zero-order chi connectivity index (χ0) is 22.7. The lowest BCUT2D eigenvalue weighted by Crippen LogP contribution is -2.34. The minimum absolute atomic E-state index is 0.0205. The van der Waals surface area contributed by atoms with E-state index in [4.69, 9.17) is 4.74 Å². The first-order valence-electron chi connectivity index (χ1n) is 9.94. The Balaban J connectivity index is 1.48. The molecule has 0 heterocycles. The zero-order valence-electron chi connectivity index (χ0n) is 17.2. The van der Waals surface area contributed by atoms with E-state index in [0.29, 0.717) is 11.1 Å².